The summed E-state index contributed by atoms with van der Waals surface area (Å²) in [5.41, 5.74) is 3.00. The van der Waals surface area contributed by atoms with Crippen LogP contribution in [0.15, 0.2) is 246 Å². The Hall–Kier alpha value is -6.93. The number of para-hydroxylation sites is 1. The van der Waals surface area contributed by atoms with Gasteiger partial charge in [-0.25, -0.2) is 0 Å². The zero-order valence-corrected chi connectivity index (χ0v) is 37.2. The minimum absolute atomic E-state index is 0.759. The minimum Gasteiger partial charge on any atom is -0.309 e. The van der Waals surface area contributed by atoms with Crippen molar-refractivity contribution in [2.24, 2.45) is 0 Å². The highest BCUT2D eigenvalue weighted by atomic mass is 32.2. The summed E-state index contributed by atoms with van der Waals surface area (Å²) in [6.45, 7) is 0. The summed E-state index contributed by atoms with van der Waals surface area (Å²) in [6, 6.07) is 81.0. The molecule has 0 aliphatic carbocycles. The molecular formula is C58H39NO2P2S. The first-order valence-corrected chi connectivity index (χ1v) is 25.7. The van der Waals surface area contributed by atoms with Gasteiger partial charge in [0.05, 0.1) is 11.4 Å². The van der Waals surface area contributed by atoms with E-state index in [1.54, 1.807) is 11.8 Å². The van der Waals surface area contributed by atoms with E-state index in [-0.39, 0.29) is 0 Å². The zero-order chi connectivity index (χ0) is 42.8. The predicted octanol–water partition coefficient (Wildman–Crippen LogP) is 13.5. The third-order valence-electron chi connectivity index (χ3n) is 12.7. The van der Waals surface area contributed by atoms with Crippen LogP contribution < -0.4 is 36.7 Å². The quantitative estimate of drug-likeness (QED) is 0.150. The molecule has 11 aromatic carbocycles. The maximum Gasteiger partial charge on any atom is 0.171 e. The first-order chi connectivity index (χ1) is 31.4. The van der Waals surface area contributed by atoms with Crippen molar-refractivity contribution < 1.29 is 9.13 Å². The largest absolute Gasteiger partial charge is 0.309 e. The van der Waals surface area contributed by atoms with Crippen LogP contribution >= 0.6 is 26.0 Å². The van der Waals surface area contributed by atoms with Crippen LogP contribution in [0.3, 0.4) is 0 Å². The van der Waals surface area contributed by atoms with Crippen LogP contribution in [0.25, 0.3) is 43.1 Å². The summed E-state index contributed by atoms with van der Waals surface area (Å²) in [7, 11) is -6.88. The molecule has 1 aliphatic heterocycles. The first kappa shape index (κ1) is 38.7. The predicted molar refractivity (Wildman–Crippen MR) is 274 cm³/mol. The molecule has 0 N–H and O–H groups in total. The smallest absolute Gasteiger partial charge is 0.171 e. The van der Waals surface area contributed by atoms with Crippen molar-refractivity contribution >= 4 is 118 Å². The van der Waals surface area contributed by atoms with Crippen molar-refractivity contribution in [2.45, 2.75) is 9.79 Å². The summed E-state index contributed by atoms with van der Waals surface area (Å²) in [4.78, 5) is 4.22. The summed E-state index contributed by atoms with van der Waals surface area (Å²) >= 11 is 1.65. The van der Waals surface area contributed by atoms with Gasteiger partial charge < -0.3 is 14.0 Å². The van der Waals surface area contributed by atoms with E-state index < -0.39 is 14.3 Å². The lowest BCUT2D eigenvalue weighted by Gasteiger charge is -2.34. The van der Waals surface area contributed by atoms with Gasteiger partial charge in [-0.2, -0.15) is 0 Å². The molecule has 12 rings (SSSR count). The molecule has 0 saturated heterocycles. The van der Waals surface area contributed by atoms with Crippen LogP contribution in [-0.2, 0) is 9.13 Å². The molecule has 0 spiro atoms. The maximum atomic E-state index is 16.4. The van der Waals surface area contributed by atoms with Gasteiger partial charge in [-0.1, -0.05) is 176 Å². The molecular weight excluding hydrogens is 837 g/mol. The Morgan fingerprint density at radius 1 is 0.281 bits per heavy atom. The lowest BCUT2D eigenvalue weighted by molar-refractivity contribution is 0.591. The second kappa shape index (κ2) is 15.4. The van der Waals surface area contributed by atoms with Crippen LogP contribution in [0.5, 0.6) is 0 Å². The standard InChI is InChI=1S/C58H39NO2P2S/c60-62(49-26-22-40-12-4-8-16-44(40)34-49,50-27-23-41-13-5-9-17-45(41)35-50)53-30-32-55-57(38-53)64-58-39-54(31-33-56(58)59(55)48-20-2-1-3-21-48)63(61,51-28-24-42-14-6-10-18-46(42)36-51)52-29-25-43-15-7-11-19-47(43)37-52/h1-39H. The molecule has 0 aromatic heterocycles. The van der Waals surface area contributed by atoms with Crippen LogP contribution in [-0.4, -0.2) is 0 Å². The van der Waals surface area contributed by atoms with Gasteiger partial charge >= 0.3 is 0 Å². The van der Waals surface area contributed by atoms with Crippen molar-refractivity contribution in [3.05, 3.63) is 237 Å². The number of fused-ring (bicyclic) bond motifs is 6. The molecule has 0 bridgehead atoms. The Kier molecular flexibility index (Phi) is 9.32. The van der Waals surface area contributed by atoms with Gasteiger partial charge in [-0.15, -0.1) is 0 Å². The highest BCUT2D eigenvalue weighted by Crippen LogP contribution is 2.54. The fourth-order valence-corrected chi connectivity index (χ4v) is 16.1. The molecule has 0 saturated carbocycles. The molecule has 64 heavy (non-hydrogen) atoms. The van der Waals surface area contributed by atoms with Gasteiger partial charge in [0.2, 0.25) is 0 Å². The summed E-state index contributed by atoms with van der Waals surface area (Å²) in [5.74, 6) is 0. The number of hydrogen-bond acceptors (Lipinski definition) is 4. The second-order valence-corrected chi connectivity index (χ2v) is 23.0. The van der Waals surface area contributed by atoms with Gasteiger partial charge in [0.1, 0.15) is 0 Å². The molecule has 0 radical (unpaired) electrons. The van der Waals surface area contributed by atoms with Crippen molar-refractivity contribution in [3.8, 4) is 0 Å². The zero-order valence-electron chi connectivity index (χ0n) is 34.6. The molecule has 1 aliphatic rings. The highest BCUT2D eigenvalue weighted by molar-refractivity contribution is 8.00. The van der Waals surface area contributed by atoms with Crippen LogP contribution in [0.1, 0.15) is 0 Å². The lowest BCUT2D eigenvalue weighted by atomic mass is 10.1. The third kappa shape index (κ3) is 6.36. The molecule has 1 heterocycles. The number of rotatable bonds is 7. The molecule has 0 fully saturated rings. The summed E-state index contributed by atoms with van der Waals surface area (Å²) in [5, 5.41) is 13.3. The van der Waals surface area contributed by atoms with Crippen molar-refractivity contribution in [1.29, 1.82) is 0 Å². The SMILES string of the molecule is O=P(c1ccc2c(c1)Sc1cc(P(=O)(c3ccc4ccccc4c3)c3ccc4ccccc4c3)ccc1N2c1ccccc1)(c1ccc2ccccc2c1)c1ccc2ccccc2c1. The van der Waals surface area contributed by atoms with Gasteiger partial charge in [-0.3, -0.25) is 0 Å². The third-order valence-corrected chi connectivity index (χ3v) is 19.8. The average molecular weight is 876 g/mol. The number of hydrogen-bond donors (Lipinski definition) is 0. The van der Waals surface area contributed by atoms with Crippen LogP contribution in [0.4, 0.5) is 17.1 Å². The van der Waals surface area contributed by atoms with E-state index in [2.05, 4.69) is 163 Å². The molecule has 304 valence electrons. The topological polar surface area (TPSA) is 37.4 Å². The van der Waals surface area contributed by atoms with E-state index in [9.17, 15) is 0 Å². The van der Waals surface area contributed by atoms with E-state index in [0.29, 0.717) is 0 Å². The van der Waals surface area contributed by atoms with Gasteiger partial charge in [0, 0.05) is 47.3 Å². The van der Waals surface area contributed by atoms with Crippen molar-refractivity contribution in [2.75, 3.05) is 4.90 Å². The maximum absolute atomic E-state index is 16.4. The Labute approximate surface area is 376 Å². The molecule has 11 aromatic rings. The molecule has 3 nitrogen and oxygen atoms in total. The number of benzene rings is 11. The fourth-order valence-electron chi connectivity index (χ4n) is 9.42. The number of anilines is 3. The molecule has 0 amide bonds. The average Bonchev–Trinajstić information content (AvgIpc) is 3.36. The highest BCUT2D eigenvalue weighted by Gasteiger charge is 2.36. The van der Waals surface area contributed by atoms with E-state index in [4.69, 9.17) is 0 Å². The summed E-state index contributed by atoms with van der Waals surface area (Å²) in [6.07, 6.45) is 0. The molecule has 0 unspecified atom stereocenters. The monoisotopic (exact) mass is 875 g/mol. The Bertz CT molecular complexity index is 3360. The van der Waals surface area contributed by atoms with Gasteiger partial charge in [0.15, 0.2) is 14.3 Å². The lowest BCUT2D eigenvalue weighted by Crippen LogP contribution is -2.27. The van der Waals surface area contributed by atoms with Gasteiger partial charge in [-0.05, 0) is 116 Å². The Morgan fingerprint density at radius 3 is 0.906 bits per heavy atom. The van der Waals surface area contributed by atoms with E-state index >= 15 is 9.13 Å². The van der Waals surface area contributed by atoms with E-state index in [0.717, 1.165) is 102 Å². The van der Waals surface area contributed by atoms with Crippen LogP contribution in [0.2, 0.25) is 0 Å². The minimum atomic E-state index is -3.44. The normalized spacial score (nSPS) is 12.7. The second-order valence-electron chi connectivity index (χ2n) is 16.4. The van der Waals surface area contributed by atoms with E-state index in [1.807, 2.05) is 78.9 Å². The van der Waals surface area contributed by atoms with Crippen molar-refractivity contribution in [3.63, 3.8) is 0 Å². The Balaban J connectivity index is 1.06. The molecule has 0 atom stereocenters. The van der Waals surface area contributed by atoms with E-state index in [1.165, 1.54) is 0 Å². The van der Waals surface area contributed by atoms with Crippen molar-refractivity contribution in [1.82, 2.24) is 0 Å². The summed E-state index contributed by atoms with van der Waals surface area (Å²) < 4.78 is 32.8. The fraction of sp³-hybridized carbons (Fsp3) is 0. The number of nitrogens with zero attached hydrogens (tertiary/aromatic N) is 1. The first-order valence-electron chi connectivity index (χ1n) is 21.4. The molecule has 6 heteroatoms. The van der Waals surface area contributed by atoms with Crippen LogP contribution in [0, 0.1) is 0 Å². The van der Waals surface area contributed by atoms with Gasteiger partial charge in [0.25, 0.3) is 0 Å². The Morgan fingerprint density at radius 2 is 0.562 bits per heavy atom.